The fourth-order valence-corrected chi connectivity index (χ4v) is 3.75. The first-order valence-corrected chi connectivity index (χ1v) is 9.73. The monoisotopic (exact) mass is 397 g/mol. The second-order valence-corrected chi connectivity index (χ2v) is 7.06. The molecular weight excluding hydrogens is 374 g/mol. The summed E-state index contributed by atoms with van der Waals surface area (Å²) in [7, 11) is 1.54. The van der Waals surface area contributed by atoms with Gasteiger partial charge in [0.15, 0.2) is 0 Å². The van der Waals surface area contributed by atoms with Gasteiger partial charge in [0.2, 0.25) is 0 Å². The summed E-state index contributed by atoms with van der Waals surface area (Å²) in [5, 5.41) is 6.56. The van der Waals surface area contributed by atoms with Crippen molar-refractivity contribution in [2.45, 2.75) is 13.8 Å². The van der Waals surface area contributed by atoms with Crippen LogP contribution in [-0.4, -0.2) is 23.8 Å². The average Bonchev–Trinajstić information content (AvgIpc) is 3.06. The summed E-state index contributed by atoms with van der Waals surface area (Å²) < 4.78 is 7.45. The Morgan fingerprint density at radius 3 is 2.57 bits per heavy atom. The molecule has 0 atom stereocenters. The maximum absolute atomic E-state index is 12.4. The molecule has 1 heterocycles. The molecular formula is C25H23N3O2. The number of methoxy groups -OCH3 is 1. The highest BCUT2D eigenvalue weighted by Gasteiger charge is 2.13. The molecule has 1 N–H and O–H groups in total. The fraction of sp³-hybridized carbons (Fsp3) is 0.120. The summed E-state index contributed by atoms with van der Waals surface area (Å²) in [6.45, 7) is 4.12. The van der Waals surface area contributed by atoms with Crippen LogP contribution in [0.1, 0.15) is 27.3 Å². The quantitative estimate of drug-likeness (QED) is 0.380. The number of nitrogens with zero attached hydrogens (tertiary/aromatic N) is 2. The zero-order valence-corrected chi connectivity index (χ0v) is 17.2. The fourth-order valence-electron chi connectivity index (χ4n) is 3.75. The number of hydrogen-bond acceptors (Lipinski definition) is 3. The molecule has 150 valence electrons. The van der Waals surface area contributed by atoms with E-state index in [0.717, 1.165) is 22.6 Å². The lowest BCUT2D eigenvalue weighted by Crippen LogP contribution is -2.18. The van der Waals surface area contributed by atoms with Crippen LogP contribution >= 0.6 is 0 Å². The van der Waals surface area contributed by atoms with Crippen LogP contribution in [0.2, 0.25) is 0 Å². The molecule has 1 aromatic heterocycles. The smallest absolute Gasteiger partial charge is 0.275 e. The number of fused-ring (bicyclic) bond motifs is 1. The Hall–Kier alpha value is -3.86. The van der Waals surface area contributed by atoms with Gasteiger partial charge in [-0.2, -0.15) is 5.10 Å². The predicted octanol–water partition coefficient (Wildman–Crippen LogP) is 5.02. The minimum absolute atomic E-state index is 0.313. The lowest BCUT2D eigenvalue weighted by atomic mass is 10.1. The van der Waals surface area contributed by atoms with Gasteiger partial charge in [-0.15, -0.1) is 0 Å². The number of rotatable bonds is 5. The standard InChI is InChI=1S/C25H23N3O2/c1-17-15-20(16-26-27-25(29)22-12-6-7-14-24(22)30-3)18(2)28(17)23-13-8-10-19-9-4-5-11-21(19)23/h4-16H,1-3H3,(H,27,29)/b26-16-. The third-order valence-electron chi connectivity index (χ3n) is 5.20. The molecule has 0 aliphatic heterocycles. The third kappa shape index (κ3) is 3.57. The van der Waals surface area contributed by atoms with Crippen molar-refractivity contribution in [2.24, 2.45) is 5.10 Å². The summed E-state index contributed by atoms with van der Waals surface area (Å²) in [4.78, 5) is 12.4. The van der Waals surface area contributed by atoms with E-state index in [4.69, 9.17) is 4.74 Å². The van der Waals surface area contributed by atoms with Gasteiger partial charge in [-0.3, -0.25) is 4.79 Å². The molecule has 0 saturated carbocycles. The molecule has 4 aromatic rings. The van der Waals surface area contributed by atoms with Crippen LogP contribution in [0.4, 0.5) is 0 Å². The maximum Gasteiger partial charge on any atom is 0.275 e. The molecule has 1 amide bonds. The van der Waals surface area contributed by atoms with Crippen LogP contribution in [-0.2, 0) is 0 Å². The summed E-state index contributed by atoms with van der Waals surface area (Å²) in [6.07, 6.45) is 1.68. The number of hydrazone groups is 1. The molecule has 4 rings (SSSR count). The van der Waals surface area contributed by atoms with Crippen LogP contribution < -0.4 is 10.2 Å². The van der Waals surface area contributed by atoms with Crippen molar-refractivity contribution < 1.29 is 9.53 Å². The molecule has 0 fully saturated rings. The molecule has 0 saturated heterocycles. The highest BCUT2D eigenvalue weighted by Crippen LogP contribution is 2.26. The molecule has 0 aliphatic carbocycles. The summed E-state index contributed by atoms with van der Waals surface area (Å²) in [6, 6.07) is 23.8. The number of benzene rings is 3. The number of amides is 1. The van der Waals surface area contributed by atoms with E-state index in [1.54, 1.807) is 24.4 Å². The number of ether oxygens (including phenoxy) is 1. The van der Waals surface area contributed by atoms with E-state index in [1.165, 1.54) is 17.9 Å². The summed E-state index contributed by atoms with van der Waals surface area (Å²) in [5.74, 6) is 0.200. The molecule has 0 aliphatic rings. The molecule has 5 nitrogen and oxygen atoms in total. The van der Waals surface area contributed by atoms with Crippen molar-refractivity contribution in [3.05, 3.63) is 95.3 Å². The van der Waals surface area contributed by atoms with Gasteiger partial charge < -0.3 is 9.30 Å². The summed E-state index contributed by atoms with van der Waals surface area (Å²) >= 11 is 0. The van der Waals surface area contributed by atoms with E-state index in [-0.39, 0.29) is 5.91 Å². The minimum Gasteiger partial charge on any atom is -0.496 e. The Bertz CT molecular complexity index is 1250. The van der Waals surface area contributed by atoms with Gasteiger partial charge in [0, 0.05) is 22.3 Å². The normalized spacial score (nSPS) is 11.2. The number of aromatic nitrogens is 1. The molecule has 0 radical (unpaired) electrons. The molecule has 30 heavy (non-hydrogen) atoms. The van der Waals surface area contributed by atoms with E-state index in [1.807, 2.05) is 12.1 Å². The molecule has 0 spiro atoms. The number of carbonyl (C=O) groups is 1. The zero-order valence-electron chi connectivity index (χ0n) is 17.2. The Morgan fingerprint density at radius 1 is 1.00 bits per heavy atom. The van der Waals surface area contributed by atoms with Crippen LogP contribution in [0.15, 0.2) is 77.9 Å². The average molecular weight is 397 g/mol. The maximum atomic E-state index is 12.4. The predicted molar refractivity (Wildman–Crippen MR) is 121 cm³/mol. The first-order chi connectivity index (χ1) is 14.6. The molecule has 5 heteroatoms. The Kier molecular flexibility index (Phi) is 5.35. The van der Waals surface area contributed by atoms with Gasteiger partial charge >= 0.3 is 0 Å². The van der Waals surface area contributed by atoms with Crippen molar-refractivity contribution in [3.8, 4) is 11.4 Å². The Morgan fingerprint density at radius 2 is 1.73 bits per heavy atom. The minimum atomic E-state index is -0.313. The van der Waals surface area contributed by atoms with Crippen molar-refractivity contribution in [3.63, 3.8) is 0 Å². The van der Waals surface area contributed by atoms with E-state index in [9.17, 15) is 4.79 Å². The van der Waals surface area contributed by atoms with E-state index < -0.39 is 0 Å². The van der Waals surface area contributed by atoms with E-state index in [2.05, 4.69) is 71.4 Å². The second-order valence-electron chi connectivity index (χ2n) is 7.06. The molecule has 3 aromatic carbocycles. The van der Waals surface area contributed by atoms with Gasteiger partial charge in [0.25, 0.3) is 5.91 Å². The topological polar surface area (TPSA) is 55.6 Å². The molecule has 0 bridgehead atoms. The van der Waals surface area contributed by atoms with Gasteiger partial charge in [-0.05, 0) is 43.5 Å². The lowest BCUT2D eigenvalue weighted by Gasteiger charge is -2.13. The third-order valence-corrected chi connectivity index (χ3v) is 5.20. The van der Waals surface area contributed by atoms with Crippen LogP contribution in [0, 0.1) is 13.8 Å². The van der Waals surface area contributed by atoms with Crippen LogP contribution in [0.25, 0.3) is 16.5 Å². The SMILES string of the molecule is COc1ccccc1C(=O)N/N=C\c1cc(C)n(-c2cccc3ccccc23)c1C. The number of aryl methyl sites for hydroxylation is 1. The number of nitrogens with one attached hydrogen (secondary N) is 1. The zero-order chi connectivity index (χ0) is 21.1. The lowest BCUT2D eigenvalue weighted by molar-refractivity contribution is 0.0952. The van der Waals surface area contributed by atoms with Crippen LogP contribution in [0.5, 0.6) is 5.75 Å². The summed E-state index contributed by atoms with van der Waals surface area (Å²) in [5.41, 5.74) is 7.26. The number of hydrogen-bond donors (Lipinski definition) is 1. The first kappa shape index (κ1) is 19.5. The largest absolute Gasteiger partial charge is 0.496 e. The van der Waals surface area contributed by atoms with Crippen molar-refractivity contribution in [2.75, 3.05) is 7.11 Å². The molecule has 0 unspecified atom stereocenters. The van der Waals surface area contributed by atoms with Crippen molar-refractivity contribution in [1.82, 2.24) is 9.99 Å². The van der Waals surface area contributed by atoms with Gasteiger partial charge in [0.05, 0.1) is 24.6 Å². The van der Waals surface area contributed by atoms with Gasteiger partial charge in [-0.25, -0.2) is 5.43 Å². The van der Waals surface area contributed by atoms with Crippen LogP contribution in [0.3, 0.4) is 0 Å². The number of carbonyl (C=O) groups excluding carboxylic acids is 1. The van der Waals surface area contributed by atoms with Crippen molar-refractivity contribution >= 4 is 22.9 Å². The van der Waals surface area contributed by atoms with E-state index >= 15 is 0 Å². The Labute approximate surface area is 175 Å². The van der Waals surface area contributed by atoms with Crippen molar-refractivity contribution in [1.29, 1.82) is 0 Å². The Balaban J connectivity index is 1.62. The second kappa shape index (κ2) is 8.25. The van der Waals surface area contributed by atoms with Gasteiger partial charge in [-0.1, -0.05) is 48.5 Å². The highest BCUT2D eigenvalue weighted by atomic mass is 16.5. The van der Waals surface area contributed by atoms with E-state index in [0.29, 0.717) is 11.3 Å². The number of para-hydroxylation sites is 1. The van der Waals surface area contributed by atoms with Gasteiger partial charge in [0.1, 0.15) is 5.75 Å². The first-order valence-electron chi connectivity index (χ1n) is 9.73. The highest BCUT2D eigenvalue weighted by molar-refractivity contribution is 5.97.